The SMILES string of the molecule is Cc1cc(C)c(Nc2cnc(C(=O)Nc3c(F)cccc3F)cn2)c(Cl)c1. The number of hydrogen-bond acceptors (Lipinski definition) is 4. The predicted octanol–water partition coefficient (Wildman–Crippen LogP) is 5.02. The third-order valence-electron chi connectivity index (χ3n) is 3.77. The van der Waals surface area contributed by atoms with Crippen LogP contribution in [0.2, 0.25) is 5.02 Å². The fourth-order valence-corrected chi connectivity index (χ4v) is 2.88. The number of nitrogens with one attached hydrogen (secondary N) is 2. The van der Waals surface area contributed by atoms with E-state index in [9.17, 15) is 13.6 Å². The number of para-hydroxylation sites is 1. The number of hydrogen-bond donors (Lipinski definition) is 2. The zero-order valence-electron chi connectivity index (χ0n) is 14.5. The molecule has 2 N–H and O–H groups in total. The number of benzene rings is 2. The monoisotopic (exact) mass is 388 g/mol. The molecule has 1 heterocycles. The normalized spacial score (nSPS) is 10.6. The maximum atomic E-state index is 13.6. The number of anilines is 3. The minimum absolute atomic E-state index is 0.0880. The fourth-order valence-electron chi connectivity index (χ4n) is 2.51. The molecule has 2 aromatic carbocycles. The number of aromatic nitrogens is 2. The van der Waals surface area contributed by atoms with E-state index in [0.717, 1.165) is 23.3 Å². The van der Waals surface area contributed by atoms with Gasteiger partial charge in [0, 0.05) is 0 Å². The summed E-state index contributed by atoms with van der Waals surface area (Å²) in [6.07, 6.45) is 2.54. The van der Waals surface area contributed by atoms with Gasteiger partial charge in [0.2, 0.25) is 0 Å². The van der Waals surface area contributed by atoms with Gasteiger partial charge in [-0.05, 0) is 43.2 Å². The van der Waals surface area contributed by atoms with Gasteiger partial charge in [-0.3, -0.25) is 4.79 Å². The lowest BCUT2D eigenvalue weighted by Crippen LogP contribution is -2.16. The number of carbonyl (C=O) groups is 1. The van der Waals surface area contributed by atoms with Gasteiger partial charge in [-0.1, -0.05) is 23.7 Å². The average molecular weight is 389 g/mol. The first-order valence-electron chi connectivity index (χ1n) is 7.96. The highest BCUT2D eigenvalue weighted by Crippen LogP contribution is 2.29. The quantitative estimate of drug-likeness (QED) is 0.658. The van der Waals surface area contributed by atoms with Gasteiger partial charge in [0.1, 0.15) is 28.8 Å². The van der Waals surface area contributed by atoms with Crippen LogP contribution in [0, 0.1) is 25.5 Å². The second kappa shape index (κ2) is 7.67. The first-order chi connectivity index (χ1) is 12.8. The summed E-state index contributed by atoms with van der Waals surface area (Å²) in [4.78, 5) is 20.2. The van der Waals surface area contributed by atoms with Crippen LogP contribution < -0.4 is 10.6 Å². The number of amides is 1. The second-order valence-corrected chi connectivity index (χ2v) is 6.31. The summed E-state index contributed by atoms with van der Waals surface area (Å²) in [7, 11) is 0. The lowest BCUT2D eigenvalue weighted by atomic mass is 10.1. The molecule has 8 heteroatoms. The molecule has 0 bridgehead atoms. The highest BCUT2D eigenvalue weighted by molar-refractivity contribution is 6.33. The molecule has 3 rings (SSSR count). The Hall–Kier alpha value is -3.06. The van der Waals surface area contributed by atoms with Gasteiger partial charge < -0.3 is 10.6 Å². The van der Waals surface area contributed by atoms with Crippen LogP contribution in [0.25, 0.3) is 0 Å². The van der Waals surface area contributed by atoms with Gasteiger partial charge >= 0.3 is 0 Å². The third kappa shape index (κ3) is 4.20. The molecule has 0 aliphatic carbocycles. The highest BCUT2D eigenvalue weighted by Gasteiger charge is 2.15. The van der Waals surface area contributed by atoms with E-state index in [1.54, 1.807) is 0 Å². The van der Waals surface area contributed by atoms with Crippen LogP contribution >= 0.6 is 11.6 Å². The Morgan fingerprint density at radius 2 is 1.74 bits per heavy atom. The van der Waals surface area contributed by atoms with Gasteiger partial charge in [0.25, 0.3) is 5.91 Å². The van der Waals surface area contributed by atoms with E-state index in [1.165, 1.54) is 18.5 Å². The van der Waals surface area contributed by atoms with Crippen molar-refractivity contribution in [1.29, 1.82) is 0 Å². The van der Waals surface area contributed by atoms with Crippen molar-refractivity contribution in [3.63, 3.8) is 0 Å². The summed E-state index contributed by atoms with van der Waals surface area (Å²) in [5, 5.41) is 5.73. The summed E-state index contributed by atoms with van der Waals surface area (Å²) in [5.41, 5.74) is 2.02. The maximum absolute atomic E-state index is 13.6. The van der Waals surface area contributed by atoms with Crippen LogP contribution in [0.1, 0.15) is 21.6 Å². The molecule has 0 saturated carbocycles. The summed E-state index contributed by atoms with van der Waals surface area (Å²) >= 11 is 6.24. The van der Waals surface area contributed by atoms with Crippen molar-refractivity contribution < 1.29 is 13.6 Å². The maximum Gasteiger partial charge on any atom is 0.276 e. The van der Waals surface area contributed by atoms with E-state index >= 15 is 0 Å². The molecule has 0 radical (unpaired) electrons. The molecular formula is C19H15ClF2N4O. The van der Waals surface area contributed by atoms with Crippen LogP contribution in [0.4, 0.5) is 26.0 Å². The molecule has 3 aromatic rings. The molecule has 138 valence electrons. The van der Waals surface area contributed by atoms with Crippen LogP contribution in [0.5, 0.6) is 0 Å². The molecular weight excluding hydrogens is 374 g/mol. The first-order valence-corrected chi connectivity index (χ1v) is 8.34. The van der Waals surface area contributed by atoms with Gasteiger partial charge in [0.15, 0.2) is 0 Å². The topological polar surface area (TPSA) is 66.9 Å². The number of aryl methyl sites for hydroxylation is 2. The molecule has 0 fully saturated rings. The zero-order valence-corrected chi connectivity index (χ0v) is 15.2. The standard InChI is InChI=1S/C19H15ClF2N4O/c1-10-6-11(2)17(12(20)7-10)25-16-9-23-15(8-24-16)19(27)26-18-13(21)4-3-5-14(18)22/h3-9H,1-2H3,(H,24,25)(H,26,27). The van der Waals surface area contributed by atoms with Crippen molar-refractivity contribution in [2.24, 2.45) is 0 Å². The summed E-state index contributed by atoms with van der Waals surface area (Å²) in [5.74, 6) is -2.15. The van der Waals surface area contributed by atoms with Crippen LogP contribution in [-0.2, 0) is 0 Å². The molecule has 27 heavy (non-hydrogen) atoms. The second-order valence-electron chi connectivity index (χ2n) is 5.90. The van der Waals surface area contributed by atoms with Crippen molar-refractivity contribution >= 4 is 34.7 Å². The number of carbonyl (C=O) groups excluding carboxylic acids is 1. The molecule has 5 nitrogen and oxygen atoms in total. The van der Waals surface area contributed by atoms with E-state index in [4.69, 9.17) is 11.6 Å². The number of nitrogens with zero attached hydrogens (tertiary/aromatic N) is 2. The van der Waals surface area contributed by atoms with E-state index in [1.807, 2.05) is 26.0 Å². The van der Waals surface area contributed by atoms with E-state index < -0.39 is 23.2 Å². The van der Waals surface area contributed by atoms with Gasteiger partial charge in [0.05, 0.1) is 23.1 Å². The van der Waals surface area contributed by atoms with Crippen molar-refractivity contribution in [2.45, 2.75) is 13.8 Å². The van der Waals surface area contributed by atoms with Crippen molar-refractivity contribution in [3.05, 3.63) is 76.2 Å². The minimum atomic E-state index is -0.876. The Balaban J connectivity index is 1.77. The summed E-state index contributed by atoms with van der Waals surface area (Å²) in [6, 6.07) is 7.08. The smallest absolute Gasteiger partial charge is 0.276 e. The molecule has 0 atom stereocenters. The molecule has 0 saturated heterocycles. The predicted molar refractivity (Wildman–Crippen MR) is 101 cm³/mol. The lowest BCUT2D eigenvalue weighted by molar-refractivity contribution is 0.102. The van der Waals surface area contributed by atoms with Crippen LogP contribution in [0.3, 0.4) is 0 Å². The van der Waals surface area contributed by atoms with Crippen molar-refractivity contribution in [2.75, 3.05) is 10.6 Å². The Kier molecular flexibility index (Phi) is 5.32. The molecule has 0 spiro atoms. The molecule has 0 aliphatic rings. The van der Waals surface area contributed by atoms with Crippen LogP contribution in [0.15, 0.2) is 42.7 Å². The summed E-state index contributed by atoms with van der Waals surface area (Å²) < 4.78 is 27.2. The highest BCUT2D eigenvalue weighted by atomic mass is 35.5. The largest absolute Gasteiger partial charge is 0.338 e. The average Bonchev–Trinajstić information content (AvgIpc) is 2.61. The van der Waals surface area contributed by atoms with E-state index in [2.05, 4.69) is 20.6 Å². The van der Waals surface area contributed by atoms with Crippen LogP contribution in [-0.4, -0.2) is 15.9 Å². The Bertz CT molecular complexity index is 966. The lowest BCUT2D eigenvalue weighted by Gasteiger charge is -2.12. The molecule has 1 amide bonds. The zero-order chi connectivity index (χ0) is 19.6. The Morgan fingerprint density at radius 3 is 2.33 bits per heavy atom. The molecule has 1 aromatic heterocycles. The van der Waals surface area contributed by atoms with Crippen molar-refractivity contribution in [1.82, 2.24) is 9.97 Å². The van der Waals surface area contributed by atoms with Crippen molar-refractivity contribution in [3.8, 4) is 0 Å². The Labute approximate surface area is 159 Å². The van der Waals surface area contributed by atoms with E-state index in [-0.39, 0.29) is 5.69 Å². The fraction of sp³-hybridized carbons (Fsp3) is 0.105. The number of rotatable bonds is 4. The van der Waals surface area contributed by atoms with E-state index in [0.29, 0.717) is 16.5 Å². The number of halogens is 3. The molecule has 0 aliphatic heterocycles. The first kappa shape index (κ1) is 18.7. The summed E-state index contributed by atoms with van der Waals surface area (Å²) in [6.45, 7) is 3.84. The van der Waals surface area contributed by atoms with Gasteiger partial charge in [-0.2, -0.15) is 0 Å². The molecule has 0 unspecified atom stereocenters. The third-order valence-corrected chi connectivity index (χ3v) is 4.07. The van der Waals surface area contributed by atoms with Gasteiger partial charge in [-0.15, -0.1) is 0 Å². The Morgan fingerprint density at radius 1 is 1.04 bits per heavy atom. The van der Waals surface area contributed by atoms with Gasteiger partial charge in [-0.25, -0.2) is 18.7 Å². The minimum Gasteiger partial charge on any atom is -0.338 e.